The number of para-hydroxylation sites is 2. The Kier molecular flexibility index (Phi) is 3.20. The fourth-order valence-corrected chi connectivity index (χ4v) is 4.03. The molecule has 2 atom stereocenters. The van der Waals surface area contributed by atoms with E-state index in [0.29, 0.717) is 6.04 Å². The van der Waals surface area contributed by atoms with Gasteiger partial charge in [-0.1, -0.05) is 30.3 Å². The van der Waals surface area contributed by atoms with Crippen molar-refractivity contribution in [1.82, 2.24) is 15.3 Å². The van der Waals surface area contributed by atoms with Crippen molar-refractivity contribution < 1.29 is 0 Å². The second kappa shape index (κ2) is 5.20. The molecule has 106 valence electrons. The monoisotopic (exact) mass is 295 g/mol. The molecular weight excluding hydrogens is 278 g/mol. The summed E-state index contributed by atoms with van der Waals surface area (Å²) in [7, 11) is 0. The topological polar surface area (TPSA) is 40.7 Å². The summed E-state index contributed by atoms with van der Waals surface area (Å²) < 4.78 is 0. The molecule has 0 saturated heterocycles. The molecule has 4 heteroatoms. The van der Waals surface area contributed by atoms with Gasteiger partial charge in [0.2, 0.25) is 0 Å². The standard InChI is InChI=1S/C17H17N3S/c1-11(17-19-13-7-3-4-8-14(13)20-17)18-15-10-21-16-9-5-2-6-12(15)16/h2-9,11,15,18H,10H2,1H3,(H,19,20). The van der Waals surface area contributed by atoms with Gasteiger partial charge in [-0.05, 0) is 30.7 Å². The molecule has 3 aromatic rings. The normalized spacial score (nSPS) is 18.8. The maximum atomic E-state index is 4.69. The van der Waals surface area contributed by atoms with Gasteiger partial charge in [0.25, 0.3) is 0 Å². The number of rotatable bonds is 3. The number of thioether (sulfide) groups is 1. The van der Waals surface area contributed by atoms with Crippen LogP contribution < -0.4 is 5.32 Å². The van der Waals surface area contributed by atoms with Gasteiger partial charge in [-0.3, -0.25) is 5.32 Å². The smallest absolute Gasteiger partial charge is 0.124 e. The Hall–Kier alpha value is -1.78. The van der Waals surface area contributed by atoms with E-state index in [1.54, 1.807) is 0 Å². The summed E-state index contributed by atoms with van der Waals surface area (Å²) in [5, 5.41) is 3.70. The highest BCUT2D eigenvalue weighted by molar-refractivity contribution is 7.99. The molecule has 4 rings (SSSR count). The Morgan fingerprint density at radius 2 is 2.00 bits per heavy atom. The third-order valence-electron chi connectivity index (χ3n) is 3.97. The molecule has 1 aromatic heterocycles. The van der Waals surface area contributed by atoms with Crippen molar-refractivity contribution in [2.24, 2.45) is 0 Å². The van der Waals surface area contributed by atoms with Crippen LogP contribution in [0.2, 0.25) is 0 Å². The summed E-state index contributed by atoms with van der Waals surface area (Å²) in [5.41, 5.74) is 3.54. The molecule has 1 aliphatic rings. The lowest BCUT2D eigenvalue weighted by molar-refractivity contribution is 0.486. The Labute approximate surface area is 128 Å². The van der Waals surface area contributed by atoms with Gasteiger partial charge in [-0.2, -0.15) is 0 Å². The first-order chi connectivity index (χ1) is 10.3. The van der Waals surface area contributed by atoms with Crippen molar-refractivity contribution in [3.8, 4) is 0 Å². The first kappa shape index (κ1) is 12.9. The third kappa shape index (κ3) is 2.34. The molecule has 0 bridgehead atoms. The second-order valence-corrected chi connectivity index (χ2v) is 6.49. The highest BCUT2D eigenvalue weighted by atomic mass is 32.2. The molecule has 0 amide bonds. The molecule has 2 unspecified atom stereocenters. The van der Waals surface area contributed by atoms with Gasteiger partial charge in [-0.25, -0.2) is 4.98 Å². The first-order valence-electron chi connectivity index (χ1n) is 7.24. The van der Waals surface area contributed by atoms with Crippen molar-refractivity contribution in [2.75, 3.05) is 5.75 Å². The Balaban J connectivity index is 1.57. The van der Waals surface area contributed by atoms with E-state index < -0.39 is 0 Å². The van der Waals surface area contributed by atoms with E-state index in [4.69, 9.17) is 0 Å². The van der Waals surface area contributed by atoms with E-state index in [1.165, 1.54) is 10.5 Å². The fraction of sp³-hybridized carbons (Fsp3) is 0.235. The number of aromatic nitrogens is 2. The average Bonchev–Trinajstić information content (AvgIpc) is 3.11. The fourth-order valence-electron chi connectivity index (χ4n) is 2.86. The molecule has 0 fully saturated rings. The lowest BCUT2D eigenvalue weighted by atomic mass is 10.1. The summed E-state index contributed by atoms with van der Waals surface area (Å²) in [5.74, 6) is 2.09. The number of imidazole rings is 1. The number of fused-ring (bicyclic) bond motifs is 2. The predicted octanol–water partition coefficient (Wildman–Crippen LogP) is 4.06. The van der Waals surface area contributed by atoms with Crippen molar-refractivity contribution in [2.45, 2.75) is 23.9 Å². The largest absolute Gasteiger partial charge is 0.341 e. The molecule has 3 nitrogen and oxygen atoms in total. The van der Waals surface area contributed by atoms with Crippen LogP contribution in [-0.2, 0) is 0 Å². The van der Waals surface area contributed by atoms with Gasteiger partial charge >= 0.3 is 0 Å². The molecule has 0 spiro atoms. The quantitative estimate of drug-likeness (QED) is 0.765. The highest BCUT2D eigenvalue weighted by Crippen LogP contribution is 2.38. The maximum Gasteiger partial charge on any atom is 0.124 e. The van der Waals surface area contributed by atoms with Crippen molar-refractivity contribution in [3.05, 3.63) is 59.9 Å². The zero-order valence-electron chi connectivity index (χ0n) is 11.8. The maximum absolute atomic E-state index is 4.69. The van der Waals surface area contributed by atoms with E-state index in [0.717, 1.165) is 22.6 Å². The van der Waals surface area contributed by atoms with Crippen molar-refractivity contribution in [1.29, 1.82) is 0 Å². The lowest BCUT2D eigenvalue weighted by Gasteiger charge is -2.18. The first-order valence-corrected chi connectivity index (χ1v) is 8.22. The van der Waals surface area contributed by atoms with Gasteiger partial charge in [0.05, 0.1) is 17.1 Å². The minimum Gasteiger partial charge on any atom is -0.341 e. The van der Waals surface area contributed by atoms with Crippen LogP contribution >= 0.6 is 11.8 Å². The van der Waals surface area contributed by atoms with Gasteiger partial charge in [-0.15, -0.1) is 11.8 Å². The molecule has 1 aliphatic heterocycles. The van der Waals surface area contributed by atoms with E-state index in [-0.39, 0.29) is 6.04 Å². The molecule has 0 saturated carbocycles. The highest BCUT2D eigenvalue weighted by Gasteiger charge is 2.24. The zero-order valence-corrected chi connectivity index (χ0v) is 12.7. The molecule has 2 heterocycles. The molecule has 0 radical (unpaired) electrons. The van der Waals surface area contributed by atoms with E-state index >= 15 is 0 Å². The molecule has 0 aliphatic carbocycles. The summed E-state index contributed by atoms with van der Waals surface area (Å²) >= 11 is 1.93. The lowest BCUT2D eigenvalue weighted by Crippen LogP contribution is -2.25. The Bertz CT molecular complexity index is 747. The summed E-state index contributed by atoms with van der Waals surface area (Å²) in [6.07, 6.45) is 0. The molecule has 2 aromatic carbocycles. The van der Waals surface area contributed by atoms with E-state index in [1.807, 2.05) is 30.0 Å². The summed E-state index contributed by atoms with van der Waals surface area (Å²) in [6.45, 7) is 2.17. The van der Waals surface area contributed by atoms with E-state index in [2.05, 4.69) is 52.5 Å². The van der Waals surface area contributed by atoms with Crippen molar-refractivity contribution >= 4 is 22.8 Å². The van der Waals surface area contributed by atoms with E-state index in [9.17, 15) is 0 Å². The number of hydrogen-bond acceptors (Lipinski definition) is 3. The van der Waals surface area contributed by atoms with Gasteiger partial charge in [0, 0.05) is 16.7 Å². The zero-order chi connectivity index (χ0) is 14.2. The van der Waals surface area contributed by atoms with Gasteiger partial charge in [0.15, 0.2) is 0 Å². The summed E-state index contributed by atoms with van der Waals surface area (Å²) in [4.78, 5) is 9.49. The molecule has 2 N–H and O–H groups in total. The van der Waals surface area contributed by atoms with Crippen LogP contribution in [0.25, 0.3) is 11.0 Å². The number of aromatic amines is 1. The van der Waals surface area contributed by atoms with Crippen molar-refractivity contribution in [3.63, 3.8) is 0 Å². The minimum absolute atomic E-state index is 0.203. The van der Waals surface area contributed by atoms with Gasteiger partial charge < -0.3 is 4.98 Å². The SMILES string of the molecule is CC(NC1CSc2ccccc21)c1nc2ccccc2[nH]1. The van der Waals surface area contributed by atoms with Crippen LogP contribution in [0.1, 0.15) is 30.4 Å². The molecule has 21 heavy (non-hydrogen) atoms. The number of nitrogens with zero attached hydrogens (tertiary/aromatic N) is 1. The van der Waals surface area contributed by atoms with Crippen LogP contribution in [0.5, 0.6) is 0 Å². The van der Waals surface area contributed by atoms with Crippen LogP contribution in [0, 0.1) is 0 Å². The Morgan fingerprint density at radius 3 is 2.90 bits per heavy atom. The Morgan fingerprint density at radius 1 is 1.19 bits per heavy atom. The van der Waals surface area contributed by atoms with Crippen LogP contribution in [-0.4, -0.2) is 15.7 Å². The van der Waals surface area contributed by atoms with Crippen LogP contribution in [0.4, 0.5) is 0 Å². The van der Waals surface area contributed by atoms with Crippen LogP contribution in [0.3, 0.4) is 0 Å². The second-order valence-electron chi connectivity index (χ2n) is 5.43. The van der Waals surface area contributed by atoms with Gasteiger partial charge in [0.1, 0.15) is 5.82 Å². The average molecular weight is 295 g/mol. The summed E-state index contributed by atoms with van der Waals surface area (Å²) in [6, 6.07) is 17.4. The number of hydrogen-bond donors (Lipinski definition) is 2. The molecular formula is C17H17N3S. The van der Waals surface area contributed by atoms with Crippen LogP contribution in [0.15, 0.2) is 53.4 Å². The predicted molar refractivity (Wildman–Crippen MR) is 87.6 cm³/mol. The number of H-pyrrole nitrogens is 1. The third-order valence-corrected chi connectivity index (χ3v) is 5.15. The number of benzene rings is 2. The number of nitrogens with one attached hydrogen (secondary N) is 2. The minimum atomic E-state index is 0.203.